The van der Waals surface area contributed by atoms with Crippen LogP contribution < -0.4 is 14.8 Å². The molecule has 174 valence electrons. The normalized spacial score (nSPS) is 11.2. The standard InChI is InChI=1S/C24H24F2N2O4S/c1-4-12-33(30,31)28-23-7-5-6-22(15(23)2)27-24(29)19-10-8-16(13-20(19)25)18-11-9-17(32-3)14-21(18)26/h5-11,13-14,28H,4,12H2,1-3H3,(H,27,29). The third-order valence-corrected chi connectivity index (χ3v) is 6.50. The molecule has 6 nitrogen and oxygen atoms in total. The summed E-state index contributed by atoms with van der Waals surface area (Å²) in [5.74, 6) is -1.81. The second-order valence-corrected chi connectivity index (χ2v) is 9.24. The second-order valence-electron chi connectivity index (χ2n) is 7.39. The summed E-state index contributed by atoms with van der Waals surface area (Å²) in [6.45, 7) is 3.40. The lowest BCUT2D eigenvalue weighted by atomic mass is 10.0. The number of carbonyl (C=O) groups excluding carboxylic acids is 1. The number of benzene rings is 3. The molecule has 0 unspecified atom stereocenters. The molecule has 33 heavy (non-hydrogen) atoms. The third-order valence-electron chi connectivity index (χ3n) is 5.02. The number of carbonyl (C=O) groups is 1. The number of hydrogen-bond acceptors (Lipinski definition) is 4. The molecule has 0 saturated heterocycles. The Morgan fingerprint density at radius 3 is 2.36 bits per heavy atom. The average Bonchev–Trinajstić information content (AvgIpc) is 2.76. The average molecular weight is 475 g/mol. The van der Waals surface area contributed by atoms with E-state index < -0.39 is 27.6 Å². The van der Waals surface area contributed by atoms with Crippen molar-refractivity contribution in [2.24, 2.45) is 0 Å². The van der Waals surface area contributed by atoms with E-state index in [4.69, 9.17) is 4.74 Å². The summed E-state index contributed by atoms with van der Waals surface area (Å²) in [4.78, 5) is 12.7. The summed E-state index contributed by atoms with van der Waals surface area (Å²) in [6, 6.07) is 12.8. The summed E-state index contributed by atoms with van der Waals surface area (Å²) in [5.41, 5.74) is 1.36. The maximum absolute atomic E-state index is 14.8. The highest BCUT2D eigenvalue weighted by molar-refractivity contribution is 7.92. The van der Waals surface area contributed by atoms with Gasteiger partial charge in [-0.2, -0.15) is 0 Å². The largest absolute Gasteiger partial charge is 0.497 e. The van der Waals surface area contributed by atoms with E-state index in [1.807, 2.05) is 0 Å². The minimum atomic E-state index is -3.51. The Labute approximate surface area is 191 Å². The van der Waals surface area contributed by atoms with E-state index in [0.717, 1.165) is 6.07 Å². The molecule has 0 saturated carbocycles. The maximum Gasteiger partial charge on any atom is 0.258 e. The number of ether oxygens (including phenoxy) is 1. The van der Waals surface area contributed by atoms with Gasteiger partial charge in [0.15, 0.2) is 0 Å². The predicted molar refractivity (Wildman–Crippen MR) is 125 cm³/mol. The van der Waals surface area contributed by atoms with Crippen LogP contribution in [0.5, 0.6) is 5.75 Å². The first-order valence-electron chi connectivity index (χ1n) is 10.2. The van der Waals surface area contributed by atoms with Crippen LogP contribution in [0.2, 0.25) is 0 Å². The lowest BCUT2D eigenvalue weighted by molar-refractivity contribution is 0.102. The van der Waals surface area contributed by atoms with E-state index in [-0.39, 0.29) is 22.4 Å². The topological polar surface area (TPSA) is 84.5 Å². The zero-order valence-corrected chi connectivity index (χ0v) is 19.2. The van der Waals surface area contributed by atoms with Crippen LogP contribution in [0.4, 0.5) is 20.2 Å². The number of rotatable bonds is 8. The molecule has 3 aromatic rings. The van der Waals surface area contributed by atoms with Crippen LogP contribution in [0.25, 0.3) is 11.1 Å². The van der Waals surface area contributed by atoms with Crippen molar-refractivity contribution in [2.75, 3.05) is 22.9 Å². The minimum Gasteiger partial charge on any atom is -0.497 e. The first-order valence-corrected chi connectivity index (χ1v) is 11.9. The number of anilines is 2. The summed E-state index contributed by atoms with van der Waals surface area (Å²) in [6.07, 6.45) is 0.459. The van der Waals surface area contributed by atoms with Crippen molar-refractivity contribution in [2.45, 2.75) is 20.3 Å². The molecule has 1 amide bonds. The van der Waals surface area contributed by atoms with Gasteiger partial charge >= 0.3 is 0 Å². The molecular formula is C24H24F2N2O4S. The Bertz CT molecular complexity index is 1290. The van der Waals surface area contributed by atoms with E-state index in [9.17, 15) is 22.0 Å². The van der Waals surface area contributed by atoms with Gasteiger partial charge in [-0.05, 0) is 60.9 Å². The highest BCUT2D eigenvalue weighted by Crippen LogP contribution is 2.29. The molecule has 0 atom stereocenters. The Balaban J connectivity index is 1.83. The van der Waals surface area contributed by atoms with E-state index in [1.54, 1.807) is 38.1 Å². The third kappa shape index (κ3) is 5.67. The molecule has 0 aliphatic heterocycles. The highest BCUT2D eigenvalue weighted by atomic mass is 32.2. The summed E-state index contributed by atoms with van der Waals surface area (Å²) in [5, 5.41) is 2.61. The fraction of sp³-hybridized carbons (Fsp3) is 0.208. The van der Waals surface area contributed by atoms with Crippen LogP contribution >= 0.6 is 0 Å². The van der Waals surface area contributed by atoms with Gasteiger partial charge in [-0.3, -0.25) is 9.52 Å². The Morgan fingerprint density at radius 2 is 1.73 bits per heavy atom. The zero-order chi connectivity index (χ0) is 24.2. The smallest absolute Gasteiger partial charge is 0.258 e. The molecule has 3 aromatic carbocycles. The van der Waals surface area contributed by atoms with Crippen molar-refractivity contribution in [1.29, 1.82) is 0 Å². The van der Waals surface area contributed by atoms with Crippen molar-refractivity contribution in [1.82, 2.24) is 0 Å². The number of sulfonamides is 1. The van der Waals surface area contributed by atoms with Gasteiger partial charge in [-0.15, -0.1) is 0 Å². The van der Waals surface area contributed by atoms with E-state index in [0.29, 0.717) is 29.1 Å². The van der Waals surface area contributed by atoms with Gasteiger partial charge in [0.25, 0.3) is 5.91 Å². The molecule has 9 heteroatoms. The molecular weight excluding hydrogens is 450 g/mol. The van der Waals surface area contributed by atoms with Crippen molar-refractivity contribution >= 4 is 27.3 Å². The first-order chi connectivity index (χ1) is 15.6. The quantitative estimate of drug-likeness (QED) is 0.461. The Kier molecular flexibility index (Phi) is 7.33. The lowest BCUT2D eigenvalue weighted by Crippen LogP contribution is -2.18. The molecule has 2 N–H and O–H groups in total. The van der Waals surface area contributed by atoms with E-state index >= 15 is 0 Å². The highest BCUT2D eigenvalue weighted by Gasteiger charge is 2.17. The van der Waals surface area contributed by atoms with Crippen molar-refractivity contribution in [3.05, 3.63) is 77.4 Å². The van der Waals surface area contributed by atoms with Crippen molar-refractivity contribution in [3.8, 4) is 16.9 Å². The fourth-order valence-electron chi connectivity index (χ4n) is 3.28. The van der Waals surface area contributed by atoms with Crippen molar-refractivity contribution < 1.29 is 26.7 Å². The summed E-state index contributed by atoms with van der Waals surface area (Å²) >= 11 is 0. The Morgan fingerprint density at radius 1 is 1.00 bits per heavy atom. The predicted octanol–water partition coefficient (Wildman–Crippen LogP) is 5.35. The van der Waals surface area contributed by atoms with Gasteiger partial charge in [0.05, 0.1) is 24.1 Å². The van der Waals surface area contributed by atoms with E-state index in [2.05, 4.69) is 10.0 Å². The number of methoxy groups -OCH3 is 1. The minimum absolute atomic E-state index is 0.0324. The zero-order valence-electron chi connectivity index (χ0n) is 18.4. The number of hydrogen-bond donors (Lipinski definition) is 2. The number of nitrogens with one attached hydrogen (secondary N) is 2. The van der Waals surface area contributed by atoms with E-state index in [1.165, 1.54) is 31.4 Å². The maximum atomic E-state index is 14.8. The Hall–Kier alpha value is -3.46. The van der Waals surface area contributed by atoms with Gasteiger partial charge in [0.2, 0.25) is 10.0 Å². The van der Waals surface area contributed by atoms with Crippen LogP contribution in [0, 0.1) is 18.6 Å². The van der Waals surface area contributed by atoms with Gasteiger partial charge < -0.3 is 10.1 Å². The van der Waals surface area contributed by atoms with Gasteiger partial charge in [-0.1, -0.05) is 19.1 Å². The fourth-order valence-corrected chi connectivity index (χ4v) is 4.48. The molecule has 0 spiro atoms. The number of amides is 1. The van der Waals surface area contributed by atoms with Gasteiger partial charge in [0.1, 0.15) is 17.4 Å². The summed E-state index contributed by atoms with van der Waals surface area (Å²) in [7, 11) is -2.10. The second kappa shape index (κ2) is 9.99. The SMILES string of the molecule is CCCS(=O)(=O)Nc1cccc(NC(=O)c2ccc(-c3ccc(OC)cc3F)cc2F)c1C. The number of halogens is 2. The first kappa shape index (κ1) is 24.2. The molecule has 0 radical (unpaired) electrons. The molecule has 0 fully saturated rings. The molecule has 0 heterocycles. The van der Waals surface area contributed by atoms with Crippen LogP contribution in [0.15, 0.2) is 54.6 Å². The summed E-state index contributed by atoms with van der Waals surface area (Å²) < 4.78 is 60.7. The van der Waals surface area contributed by atoms with Crippen LogP contribution in [0.1, 0.15) is 29.3 Å². The molecule has 0 bridgehead atoms. The molecule has 0 aromatic heterocycles. The molecule has 0 aliphatic carbocycles. The van der Waals surface area contributed by atoms with Crippen LogP contribution in [-0.4, -0.2) is 27.2 Å². The molecule has 0 aliphatic rings. The molecule has 3 rings (SSSR count). The monoisotopic (exact) mass is 474 g/mol. The van der Waals surface area contributed by atoms with Crippen molar-refractivity contribution in [3.63, 3.8) is 0 Å². The van der Waals surface area contributed by atoms with Crippen LogP contribution in [0.3, 0.4) is 0 Å². The van der Waals surface area contributed by atoms with Crippen LogP contribution in [-0.2, 0) is 10.0 Å². The van der Waals surface area contributed by atoms with Gasteiger partial charge in [-0.25, -0.2) is 17.2 Å². The lowest BCUT2D eigenvalue weighted by Gasteiger charge is -2.15. The van der Waals surface area contributed by atoms with Gasteiger partial charge in [0, 0.05) is 17.3 Å².